The number of benzene rings is 1. The minimum Gasteiger partial charge on any atom is -0.448 e. The van der Waals surface area contributed by atoms with E-state index in [-0.39, 0.29) is 0 Å². The van der Waals surface area contributed by atoms with Crippen LogP contribution in [0.1, 0.15) is 51.2 Å². The first-order chi connectivity index (χ1) is 14.3. The van der Waals surface area contributed by atoms with Crippen molar-refractivity contribution in [1.29, 1.82) is 0 Å². The molecule has 2 aromatic heterocycles. The van der Waals surface area contributed by atoms with Crippen LogP contribution in [0.3, 0.4) is 0 Å². The molecule has 1 N–H and O–H groups in total. The van der Waals surface area contributed by atoms with Crippen molar-refractivity contribution in [2.24, 2.45) is 0 Å². The Bertz CT molecular complexity index is 1110. The number of rotatable bonds is 5. The normalized spacial score (nSPS) is 13.7. The highest BCUT2D eigenvalue weighted by molar-refractivity contribution is 7.15. The van der Waals surface area contributed by atoms with Crippen LogP contribution in [-0.2, 0) is 22.4 Å². The smallest absolute Gasteiger partial charge is 0.359 e. The van der Waals surface area contributed by atoms with Crippen molar-refractivity contribution in [1.82, 2.24) is 14.8 Å². The number of aryl methyl sites for hydroxylation is 3. The van der Waals surface area contributed by atoms with E-state index in [1.807, 2.05) is 49.7 Å². The van der Waals surface area contributed by atoms with Crippen molar-refractivity contribution >= 4 is 28.3 Å². The third kappa shape index (κ3) is 3.75. The van der Waals surface area contributed by atoms with Gasteiger partial charge < -0.3 is 4.74 Å². The quantitative estimate of drug-likeness (QED) is 0.627. The lowest BCUT2D eigenvalue weighted by atomic mass is 10.2. The summed E-state index contributed by atoms with van der Waals surface area (Å²) >= 11 is 1.39. The molecule has 1 unspecified atom stereocenters. The Morgan fingerprint density at radius 3 is 2.67 bits per heavy atom. The Balaban J connectivity index is 1.53. The van der Waals surface area contributed by atoms with E-state index in [2.05, 4.69) is 15.4 Å². The highest BCUT2D eigenvalue weighted by atomic mass is 32.1. The predicted molar refractivity (Wildman–Crippen MR) is 115 cm³/mol. The summed E-state index contributed by atoms with van der Waals surface area (Å²) < 4.78 is 7.31. The molecule has 8 heteroatoms. The molecule has 1 aliphatic rings. The number of nitrogens with one attached hydrogen (secondary N) is 1. The zero-order valence-electron chi connectivity index (χ0n) is 17.5. The molecule has 4 rings (SSSR count). The summed E-state index contributed by atoms with van der Waals surface area (Å²) in [6, 6.07) is 7.94. The molecule has 1 aliphatic carbocycles. The van der Waals surface area contributed by atoms with Crippen LogP contribution in [0.2, 0.25) is 0 Å². The van der Waals surface area contributed by atoms with Gasteiger partial charge in [-0.05, 0) is 58.6 Å². The maximum atomic E-state index is 12.9. The molecule has 1 atom stereocenters. The number of anilines is 1. The number of carbonyl (C=O) groups excluding carboxylic acids is 2. The third-order valence-electron chi connectivity index (χ3n) is 5.38. The largest absolute Gasteiger partial charge is 0.448 e. The number of fused-ring (bicyclic) bond motifs is 1. The number of ether oxygens (including phenoxy) is 1. The first-order valence-corrected chi connectivity index (χ1v) is 10.8. The van der Waals surface area contributed by atoms with Crippen LogP contribution in [0.15, 0.2) is 24.3 Å². The molecule has 0 radical (unpaired) electrons. The van der Waals surface area contributed by atoms with E-state index in [1.165, 1.54) is 11.3 Å². The fraction of sp³-hybridized carbons (Fsp3) is 0.364. The molecule has 0 bridgehead atoms. The second-order valence-electron chi connectivity index (χ2n) is 7.52. The van der Waals surface area contributed by atoms with E-state index in [1.54, 1.807) is 6.92 Å². The number of esters is 1. The van der Waals surface area contributed by atoms with Gasteiger partial charge in [0.1, 0.15) is 0 Å². The van der Waals surface area contributed by atoms with Crippen LogP contribution < -0.4 is 5.32 Å². The van der Waals surface area contributed by atoms with Gasteiger partial charge in [0, 0.05) is 16.1 Å². The van der Waals surface area contributed by atoms with Crippen LogP contribution in [-0.4, -0.2) is 32.7 Å². The van der Waals surface area contributed by atoms with Crippen molar-refractivity contribution in [3.63, 3.8) is 0 Å². The minimum atomic E-state index is -0.956. The summed E-state index contributed by atoms with van der Waals surface area (Å²) in [4.78, 5) is 30.7. The van der Waals surface area contributed by atoms with Crippen LogP contribution in [0.25, 0.3) is 5.69 Å². The highest BCUT2D eigenvalue weighted by Crippen LogP contribution is 2.29. The molecule has 2 heterocycles. The van der Waals surface area contributed by atoms with E-state index >= 15 is 0 Å². The number of thiazole rings is 1. The molecule has 30 heavy (non-hydrogen) atoms. The van der Waals surface area contributed by atoms with Gasteiger partial charge in [-0.2, -0.15) is 5.10 Å². The number of aromatic nitrogens is 3. The van der Waals surface area contributed by atoms with Gasteiger partial charge in [0.05, 0.1) is 11.4 Å². The van der Waals surface area contributed by atoms with Crippen LogP contribution >= 0.6 is 11.3 Å². The number of carbonyl (C=O) groups is 2. The van der Waals surface area contributed by atoms with E-state index in [0.29, 0.717) is 10.8 Å². The van der Waals surface area contributed by atoms with Crippen LogP contribution in [0.4, 0.5) is 5.13 Å². The Labute approximate surface area is 179 Å². The second kappa shape index (κ2) is 8.02. The fourth-order valence-electron chi connectivity index (χ4n) is 3.60. The Hall–Kier alpha value is -3.00. The van der Waals surface area contributed by atoms with Crippen molar-refractivity contribution in [2.75, 3.05) is 5.32 Å². The third-order valence-corrected chi connectivity index (χ3v) is 6.37. The highest BCUT2D eigenvalue weighted by Gasteiger charge is 2.30. The Morgan fingerprint density at radius 2 is 1.97 bits per heavy atom. The molecule has 3 aromatic rings. The molecule has 0 saturated heterocycles. The lowest BCUT2D eigenvalue weighted by Crippen LogP contribution is -2.30. The molecule has 156 valence electrons. The van der Waals surface area contributed by atoms with Gasteiger partial charge in [0.15, 0.2) is 16.9 Å². The van der Waals surface area contributed by atoms with E-state index in [4.69, 9.17) is 4.74 Å². The van der Waals surface area contributed by atoms with Gasteiger partial charge >= 0.3 is 5.97 Å². The van der Waals surface area contributed by atoms with Gasteiger partial charge in [0.25, 0.3) is 5.91 Å². The second-order valence-corrected chi connectivity index (χ2v) is 8.73. The number of nitrogens with zero attached hydrogens (tertiary/aromatic N) is 3. The molecule has 0 aliphatic heterocycles. The standard InChI is InChI=1S/C22H24N4O3S/c1-12-8-5-6-10-17(12)26-18-11-7-9-16(18)19(25-26)21(28)29-14(3)20(27)24-22-23-13(2)15(4)30-22/h5-6,8,10,14H,7,9,11H2,1-4H3,(H,23,24,27). The molecule has 7 nitrogen and oxygen atoms in total. The molecule has 1 aromatic carbocycles. The molecule has 0 fully saturated rings. The monoisotopic (exact) mass is 424 g/mol. The van der Waals surface area contributed by atoms with Crippen LogP contribution in [0, 0.1) is 20.8 Å². The molecule has 0 spiro atoms. The Kier molecular flexibility index (Phi) is 5.42. The zero-order chi connectivity index (χ0) is 21.4. The van der Waals surface area contributed by atoms with Crippen molar-refractivity contribution < 1.29 is 14.3 Å². The van der Waals surface area contributed by atoms with E-state index in [0.717, 1.165) is 52.3 Å². The van der Waals surface area contributed by atoms with E-state index in [9.17, 15) is 9.59 Å². The summed E-state index contributed by atoms with van der Waals surface area (Å²) in [5.41, 5.74) is 5.17. The minimum absolute atomic E-state index is 0.298. The summed E-state index contributed by atoms with van der Waals surface area (Å²) in [7, 11) is 0. The van der Waals surface area contributed by atoms with Gasteiger partial charge in [-0.1, -0.05) is 18.2 Å². The summed E-state index contributed by atoms with van der Waals surface area (Å²) in [5, 5.41) is 7.79. The Morgan fingerprint density at radius 1 is 1.20 bits per heavy atom. The average molecular weight is 425 g/mol. The number of hydrogen-bond donors (Lipinski definition) is 1. The maximum absolute atomic E-state index is 12.9. The number of hydrogen-bond acceptors (Lipinski definition) is 6. The molecular formula is C22H24N4O3S. The van der Waals surface area contributed by atoms with Gasteiger partial charge in [-0.25, -0.2) is 14.5 Å². The molecule has 0 saturated carbocycles. The van der Waals surface area contributed by atoms with Gasteiger partial charge in [-0.15, -0.1) is 11.3 Å². The fourth-order valence-corrected chi connectivity index (χ4v) is 4.42. The van der Waals surface area contributed by atoms with Gasteiger partial charge in [-0.3, -0.25) is 10.1 Å². The maximum Gasteiger partial charge on any atom is 0.359 e. The van der Waals surface area contributed by atoms with E-state index < -0.39 is 18.0 Å². The lowest BCUT2D eigenvalue weighted by Gasteiger charge is -2.12. The first kappa shape index (κ1) is 20.3. The van der Waals surface area contributed by atoms with Crippen molar-refractivity contribution in [3.8, 4) is 5.69 Å². The van der Waals surface area contributed by atoms with Gasteiger partial charge in [0.2, 0.25) is 0 Å². The topological polar surface area (TPSA) is 86.1 Å². The molecular weight excluding hydrogens is 400 g/mol. The SMILES string of the molecule is Cc1ccccc1-n1nc(C(=O)OC(C)C(=O)Nc2nc(C)c(C)s2)c2c1CCC2. The summed E-state index contributed by atoms with van der Waals surface area (Å²) in [5.74, 6) is -0.985. The number of amides is 1. The number of para-hydroxylation sites is 1. The average Bonchev–Trinajstić information content (AvgIpc) is 3.38. The first-order valence-electron chi connectivity index (χ1n) is 9.97. The van der Waals surface area contributed by atoms with Crippen molar-refractivity contribution in [2.45, 2.75) is 53.1 Å². The van der Waals surface area contributed by atoms with Crippen LogP contribution in [0.5, 0.6) is 0 Å². The summed E-state index contributed by atoms with van der Waals surface area (Å²) in [6.07, 6.45) is 1.66. The van der Waals surface area contributed by atoms with Crippen molar-refractivity contribution in [3.05, 3.63) is 57.4 Å². The molecule has 1 amide bonds. The predicted octanol–water partition coefficient (Wildman–Crippen LogP) is 3.93. The summed E-state index contributed by atoms with van der Waals surface area (Å²) in [6.45, 7) is 7.40. The lowest BCUT2D eigenvalue weighted by molar-refractivity contribution is -0.123. The zero-order valence-corrected chi connectivity index (χ0v) is 18.3.